The molecule has 2 aromatic rings. The second-order valence-electron chi connectivity index (χ2n) is 6.25. The zero-order chi connectivity index (χ0) is 21.3. The van der Waals surface area contributed by atoms with Crippen LogP contribution in [0.15, 0.2) is 53.4 Å². The number of esters is 1. The maximum absolute atomic E-state index is 12.3. The summed E-state index contributed by atoms with van der Waals surface area (Å²) >= 11 is 0. The first-order chi connectivity index (χ1) is 13.9. The molecular weight excluding hydrogens is 394 g/mol. The molecule has 0 fully saturated rings. The molecule has 8 heteroatoms. The summed E-state index contributed by atoms with van der Waals surface area (Å²) in [7, 11) is -2.09. The second-order valence-corrected chi connectivity index (χ2v) is 8.02. The number of methoxy groups -OCH3 is 1. The Morgan fingerprint density at radius 1 is 0.966 bits per heavy atom. The van der Waals surface area contributed by atoms with E-state index < -0.39 is 10.0 Å². The van der Waals surface area contributed by atoms with Crippen LogP contribution in [0, 0.1) is 0 Å². The Hall–Kier alpha value is -2.71. The van der Waals surface area contributed by atoms with Crippen molar-refractivity contribution in [3.63, 3.8) is 0 Å². The molecule has 7 nitrogen and oxygen atoms in total. The first-order valence-corrected chi connectivity index (χ1v) is 10.8. The fourth-order valence-corrected chi connectivity index (χ4v) is 3.65. The average molecular weight is 419 g/mol. The minimum Gasteiger partial charge on any atom is -0.497 e. The van der Waals surface area contributed by atoms with Crippen molar-refractivity contribution in [3.05, 3.63) is 59.7 Å². The Morgan fingerprint density at radius 2 is 1.62 bits per heavy atom. The van der Waals surface area contributed by atoms with Gasteiger partial charge in [0.05, 0.1) is 25.0 Å². The van der Waals surface area contributed by atoms with Crippen LogP contribution in [0.25, 0.3) is 0 Å². The minimum absolute atomic E-state index is 0.0571. The van der Waals surface area contributed by atoms with Gasteiger partial charge in [0.2, 0.25) is 10.0 Å². The topological polar surface area (TPSA) is 98.8 Å². The third-order valence-electron chi connectivity index (χ3n) is 4.21. The van der Waals surface area contributed by atoms with Crippen LogP contribution < -0.4 is 9.46 Å². The number of hydrogen-bond donors (Lipinski definition) is 1. The van der Waals surface area contributed by atoms with Crippen molar-refractivity contribution in [1.29, 1.82) is 0 Å². The third kappa shape index (κ3) is 6.99. The Morgan fingerprint density at radius 3 is 2.21 bits per heavy atom. The normalized spacial score (nSPS) is 11.1. The lowest BCUT2D eigenvalue weighted by Gasteiger charge is -2.08. The van der Waals surface area contributed by atoms with Gasteiger partial charge in [0.25, 0.3) is 0 Å². The Balaban J connectivity index is 1.85. The van der Waals surface area contributed by atoms with E-state index in [2.05, 4.69) is 4.72 Å². The van der Waals surface area contributed by atoms with Gasteiger partial charge in [-0.2, -0.15) is 0 Å². The number of carbonyl (C=O) groups excluding carboxylic acids is 2. The van der Waals surface area contributed by atoms with Gasteiger partial charge in [0.15, 0.2) is 5.78 Å². The quantitative estimate of drug-likeness (QED) is 0.444. The Kier molecular flexibility index (Phi) is 8.35. The van der Waals surface area contributed by atoms with Crippen molar-refractivity contribution in [3.8, 4) is 5.75 Å². The van der Waals surface area contributed by atoms with Crippen molar-refractivity contribution >= 4 is 21.8 Å². The molecule has 0 saturated carbocycles. The number of hydrogen-bond acceptors (Lipinski definition) is 6. The number of ketones is 1. The molecule has 0 aliphatic heterocycles. The molecule has 0 heterocycles. The van der Waals surface area contributed by atoms with Crippen LogP contribution in [-0.4, -0.2) is 40.4 Å². The van der Waals surface area contributed by atoms with Crippen molar-refractivity contribution < 1.29 is 27.5 Å². The Labute approximate surface area is 171 Å². The maximum atomic E-state index is 12.3. The monoisotopic (exact) mass is 419 g/mol. The smallest absolute Gasteiger partial charge is 0.306 e. The van der Waals surface area contributed by atoms with Crippen molar-refractivity contribution in [2.24, 2.45) is 0 Å². The van der Waals surface area contributed by atoms with Crippen LogP contribution in [0.4, 0.5) is 0 Å². The third-order valence-corrected chi connectivity index (χ3v) is 5.69. The van der Waals surface area contributed by atoms with Crippen molar-refractivity contribution in [1.82, 2.24) is 4.72 Å². The largest absolute Gasteiger partial charge is 0.497 e. The van der Waals surface area contributed by atoms with E-state index in [1.165, 1.54) is 19.2 Å². The first-order valence-electron chi connectivity index (χ1n) is 9.27. The predicted octanol–water partition coefficient (Wildman–Crippen LogP) is 2.74. The van der Waals surface area contributed by atoms with E-state index in [1.807, 2.05) is 0 Å². The van der Waals surface area contributed by atoms with E-state index >= 15 is 0 Å². The van der Waals surface area contributed by atoms with Crippen molar-refractivity contribution in [2.75, 3.05) is 20.3 Å². The first kappa shape index (κ1) is 22.6. The standard InChI is InChI=1S/C21H25NO6S/c1-3-28-21(24)13-12-20(23)17-6-4-16(5-7-17)14-15-22-29(25,26)19-10-8-18(27-2)9-11-19/h4-11,22H,3,12-15H2,1-2H3. The van der Waals surface area contributed by atoms with Gasteiger partial charge in [-0.05, 0) is 43.2 Å². The molecule has 0 spiro atoms. The van der Waals surface area contributed by atoms with Crippen LogP contribution in [-0.2, 0) is 26.0 Å². The summed E-state index contributed by atoms with van der Waals surface area (Å²) in [4.78, 5) is 23.6. The lowest BCUT2D eigenvalue weighted by Crippen LogP contribution is -2.26. The lowest BCUT2D eigenvalue weighted by molar-refractivity contribution is -0.143. The highest BCUT2D eigenvalue weighted by atomic mass is 32.2. The molecule has 0 atom stereocenters. The molecule has 0 aliphatic carbocycles. The fourth-order valence-electron chi connectivity index (χ4n) is 2.62. The number of nitrogens with one attached hydrogen (secondary N) is 1. The van der Waals surface area contributed by atoms with Crippen LogP contribution >= 0.6 is 0 Å². The van der Waals surface area contributed by atoms with E-state index in [-0.39, 0.29) is 36.0 Å². The summed E-state index contributed by atoms with van der Waals surface area (Å²) in [5.74, 6) is 0.0623. The van der Waals surface area contributed by atoms with Gasteiger partial charge in [-0.3, -0.25) is 9.59 Å². The van der Waals surface area contributed by atoms with Crippen LogP contribution in [0.5, 0.6) is 5.75 Å². The molecule has 0 unspecified atom stereocenters. The molecule has 2 rings (SSSR count). The number of rotatable bonds is 11. The molecular formula is C21H25NO6S. The molecule has 0 aliphatic rings. The highest BCUT2D eigenvalue weighted by Gasteiger charge is 2.14. The number of ether oxygens (including phenoxy) is 2. The van der Waals surface area contributed by atoms with Gasteiger partial charge in [0, 0.05) is 18.5 Å². The van der Waals surface area contributed by atoms with Gasteiger partial charge in [0.1, 0.15) is 5.75 Å². The van der Waals surface area contributed by atoms with Gasteiger partial charge < -0.3 is 9.47 Å². The summed E-state index contributed by atoms with van der Waals surface area (Å²) in [6.07, 6.45) is 0.633. The maximum Gasteiger partial charge on any atom is 0.306 e. The van der Waals surface area contributed by atoms with E-state index in [0.717, 1.165) is 5.56 Å². The van der Waals surface area contributed by atoms with E-state index in [4.69, 9.17) is 9.47 Å². The van der Waals surface area contributed by atoms with E-state index in [0.29, 0.717) is 24.3 Å². The minimum atomic E-state index is -3.60. The number of sulfonamides is 1. The summed E-state index contributed by atoms with van der Waals surface area (Å²) < 4.78 is 37.0. The average Bonchev–Trinajstić information content (AvgIpc) is 2.72. The van der Waals surface area contributed by atoms with Crippen LogP contribution in [0.2, 0.25) is 0 Å². The Bertz CT molecular complexity index is 921. The summed E-state index contributed by atoms with van der Waals surface area (Å²) in [5.41, 5.74) is 1.40. The highest BCUT2D eigenvalue weighted by Crippen LogP contribution is 2.15. The molecule has 0 aromatic heterocycles. The fraction of sp³-hybridized carbons (Fsp3) is 0.333. The van der Waals surface area contributed by atoms with Gasteiger partial charge >= 0.3 is 5.97 Å². The highest BCUT2D eigenvalue weighted by molar-refractivity contribution is 7.89. The van der Waals surface area contributed by atoms with E-state index in [9.17, 15) is 18.0 Å². The number of Topliss-reactive ketones (excluding diaryl/α,β-unsaturated/α-hetero) is 1. The summed E-state index contributed by atoms with van der Waals surface area (Å²) in [6, 6.07) is 13.1. The molecule has 0 amide bonds. The van der Waals surface area contributed by atoms with Gasteiger partial charge in [-0.1, -0.05) is 24.3 Å². The molecule has 0 saturated heterocycles. The summed E-state index contributed by atoms with van der Waals surface area (Å²) in [6.45, 7) is 2.24. The molecule has 2 aromatic carbocycles. The number of benzene rings is 2. The van der Waals surface area contributed by atoms with Gasteiger partial charge in [-0.15, -0.1) is 0 Å². The lowest BCUT2D eigenvalue weighted by atomic mass is 10.0. The van der Waals surface area contributed by atoms with Crippen LogP contribution in [0.3, 0.4) is 0 Å². The molecule has 156 valence electrons. The molecule has 1 N–H and O–H groups in total. The second kappa shape index (κ2) is 10.7. The molecule has 29 heavy (non-hydrogen) atoms. The zero-order valence-corrected chi connectivity index (χ0v) is 17.3. The molecule has 0 bridgehead atoms. The predicted molar refractivity (Wildman–Crippen MR) is 109 cm³/mol. The van der Waals surface area contributed by atoms with Crippen LogP contribution in [0.1, 0.15) is 35.7 Å². The number of carbonyl (C=O) groups is 2. The van der Waals surface area contributed by atoms with E-state index in [1.54, 1.807) is 43.3 Å². The van der Waals surface area contributed by atoms with Gasteiger partial charge in [-0.25, -0.2) is 13.1 Å². The zero-order valence-electron chi connectivity index (χ0n) is 16.5. The van der Waals surface area contributed by atoms with Crippen molar-refractivity contribution in [2.45, 2.75) is 31.1 Å². The SMILES string of the molecule is CCOC(=O)CCC(=O)c1ccc(CCNS(=O)(=O)c2ccc(OC)cc2)cc1. The molecule has 0 radical (unpaired) electrons. The summed E-state index contributed by atoms with van der Waals surface area (Å²) in [5, 5.41) is 0.